The van der Waals surface area contributed by atoms with E-state index in [1.165, 1.54) is 11.8 Å². The first-order valence-electron chi connectivity index (χ1n) is 11.5. The van der Waals surface area contributed by atoms with Crippen molar-refractivity contribution in [1.82, 2.24) is 10.6 Å². The topological polar surface area (TPSA) is 71.3 Å². The minimum Gasteiger partial charge on any atom is -0.468 e. The first-order chi connectivity index (χ1) is 16.2. The second kappa shape index (κ2) is 14.2. The minimum atomic E-state index is -1.68. The predicted molar refractivity (Wildman–Crippen MR) is 128 cm³/mol. The van der Waals surface area contributed by atoms with Gasteiger partial charge in [-0.1, -0.05) is 33.6 Å². The normalized spacial score (nSPS) is 13.1. The molecule has 9 heteroatoms. The lowest BCUT2D eigenvalue weighted by atomic mass is 10.0. The number of benzene rings is 1. The number of rotatable bonds is 15. The maximum Gasteiger partial charge on any atom is 0.254 e. The molecule has 0 saturated heterocycles. The standard InChI is InChI=1S/C25H33F3N2O3S/c1-4-5-8-21(22(31)15-34-14-18-7-6-11-33-18)29-13-17(12-16(2)3)30-25(32)19-9-10-20(26)24(28)23(19)27/h6-7,9-11,16-17,21,29H,4-5,8,12-15H2,1-3H3,(H,30,32). The molecule has 2 N–H and O–H groups in total. The number of amides is 1. The molecule has 1 amide bonds. The molecule has 1 aromatic carbocycles. The summed E-state index contributed by atoms with van der Waals surface area (Å²) in [6, 6.07) is 4.51. The fourth-order valence-corrected chi connectivity index (χ4v) is 4.41. The number of furan rings is 1. The number of ketones is 1. The van der Waals surface area contributed by atoms with Crippen LogP contribution in [0.4, 0.5) is 13.2 Å². The van der Waals surface area contributed by atoms with E-state index in [-0.39, 0.29) is 24.3 Å². The molecule has 0 bridgehead atoms. The highest BCUT2D eigenvalue weighted by Crippen LogP contribution is 2.17. The first kappa shape index (κ1) is 28.0. The predicted octanol–water partition coefficient (Wildman–Crippen LogP) is 5.49. The monoisotopic (exact) mass is 498 g/mol. The molecule has 34 heavy (non-hydrogen) atoms. The number of thioether (sulfide) groups is 1. The van der Waals surface area contributed by atoms with Crippen LogP contribution in [-0.2, 0) is 10.5 Å². The van der Waals surface area contributed by atoms with Crippen LogP contribution in [0, 0.1) is 23.4 Å². The lowest BCUT2D eigenvalue weighted by molar-refractivity contribution is -0.118. The third-order valence-electron chi connectivity index (χ3n) is 5.29. The van der Waals surface area contributed by atoms with Gasteiger partial charge in [-0.25, -0.2) is 13.2 Å². The number of carbonyl (C=O) groups is 2. The van der Waals surface area contributed by atoms with Crippen LogP contribution in [0.5, 0.6) is 0 Å². The summed E-state index contributed by atoms with van der Waals surface area (Å²) in [6.45, 7) is 6.29. The number of hydrogen-bond acceptors (Lipinski definition) is 5. The summed E-state index contributed by atoms with van der Waals surface area (Å²) in [5, 5.41) is 5.97. The molecule has 0 radical (unpaired) electrons. The molecule has 0 aliphatic carbocycles. The van der Waals surface area contributed by atoms with Crippen LogP contribution in [0.3, 0.4) is 0 Å². The Morgan fingerprint density at radius 2 is 1.88 bits per heavy atom. The van der Waals surface area contributed by atoms with Crippen molar-refractivity contribution in [1.29, 1.82) is 0 Å². The van der Waals surface area contributed by atoms with Gasteiger partial charge >= 0.3 is 0 Å². The third kappa shape index (κ3) is 8.83. The van der Waals surface area contributed by atoms with E-state index in [4.69, 9.17) is 4.42 Å². The Bertz CT molecular complexity index is 922. The molecular weight excluding hydrogens is 465 g/mol. The van der Waals surface area contributed by atoms with E-state index in [1.807, 2.05) is 26.8 Å². The molecule has 2 unspecified atom stereocenters. The zero-order chi connectivity index (χ0) is 25.1. The van der Waals surface area contributed by atoms with Gasteiger partial charge in [0.25, 0.3) is 5.91 Å². The highest BCUT2D eigenvalue weighted by Gasteiger charge is 2.24. The average molecular weight is 499 g/mol. The van der Waals surface area contributed by atoms with Gasteiger partial charge in [0.15, 0.2) is 23.2 Å². The Hall–Kier alpha value is -2.26. The molecule has 0 spiro atoms. The van der Waals surface area contributed by atoms with Crippen molar-refractivity contribution >= 4 is 23.5 Å². The van der Waals surface area contributed by atoms with Gasteiger partial charge in [0.2, 0.25) is 0 Å². The van der Waals surface area contributed by atoms with Crippen LogP contribution in [0.25, 0.3) is 0 Å². The van der Waals surface area contributed by atoms with E-state index in [9.17, 15) is 22.8 Å². The highest BCUT2D eigenvalue weighted by atomic mass is 32.2. The van der Waals surface area contributed by atoms with Crippen molar-refractivity contribution in [2.75, 3.05) is 12.3 Å². The quantitative estimate of drug-likeness (QED) is 0.318. The van der Waals surface area contributed by atoms with E-state index < -0.39 is 35.0 Å². The molecule has 0 fully saturated rings. The van der Waals surface area contributed by atoms with Gasteiger partial charge in [-0.3, -0.25) is 9.59 Å². The molecule has 2 aromatic rings. The van der Waals surface area contributed by atoms with Crippen molar-refractivity contribution in [3.63, 3.8) is 0 Å². The molecule has 0 aliphatic heterocycles. The molecule has 0 saturated carbocycles. The fraction of sp³-hybridized carbons (Fsp3) is 0.520. The third-order valence-corrected chi connectivity index (χ3v) is 6.26. The van der Waals surface area contributed by atoms with Crippen LogP contribution in [0.2, 0.25) is 0 Å². The number of nitrogens with one attached hydrogen (secondary N) is 2. The summed E-state index contributed by atoms with van der Waals surface area (Å²) in [6.07, 6.45) is 4.63. The summed E-state index contributed by atoms with van der Waals surface area (Å²) in [4.78, 5) is 25.4. The maximum absolute atomic E-state index is 14.1. The number of carbonyl (C=O) groups excluding carboxylic acids is 2. The fourth-order valence-electron chi connectivity index (χ4n) is 3.54. The minimum absolute atomic E-state index is 0.0614. The average Bonchev–Trinajstić information content (AvgIpc) is 3.30. The molecule has 2 atom stereocenters. The number of hydrogen-bond donors (Lipinski definition) is 2. The summed E-state index contributed by atoms with van der Waals surface area (Å²) in [5.74, 6) is -3.37. The highest BCUT2D eigenvalue weighted by molar-refractivity contribution is 7.99. The van der Waals surface area contributed by atoms with E-state index in [0.717, 1.165) is 30.7 Å². The molecular formula is C25H33F3N2O3S. The van der Waals surface area contributed by atoms with Crippen LogP contribution >= 0.6 is 11.8 Å². The Morgan fingerprint density at radius 1 is 1.12 bits per heavy atom. The van der Waals surface area contributed by atoms with Crippen LogP contribution in [-0.4, -0.2) is 36.1 Å². The van der Waals surface area contributed by atoms with Gasteiger partial charge in [-0.15, -0.1) is 11.8 Å². The Labute approximate surface area is 203 Å². The number of unbranched alkanes of at least 4 members (excludes halogenated alkanes) is 1. The maximum atomic E-state index is 14.1. The van der Waals surface area contributed by atoms with Crippen molar-refractivity contribution in [2.24, 2.45) is 5.92 Å². The summed E-state index contributed by atoms with van der Waals surface area (Å²) in [7, 11) is 0. The second-order valence-corrected chi connectivity index (χ2v) is 9.65. The number of Topliss-reactive ketones (excluding diaryl/α,β-unsaturated/α-hetero) is 1. The molecule has 1 heterocycles. The van der Waals surface area contributed by atoms with Crippen LogP contribution in [0.15, 0.2) is 34.9 Å². The lowest BCUT2D eigenvalue weighted by Gasteiger charge is -2.25. The van der Waals surface area contributed by atoms with Crippen molar-refractivity contribution in [3.05, 3.63) is 59.3 Å². The smallest absolute Gasteiger partial charge is 0.254 e. The van der Waals surface area contributed by atoms with E-state index in [1.54, 1.807) is 12.3 Å². The molecule has 0 aliphatic rings. The SMILES string of the molecule is CCCCC(NCC(CC(C)C)NC(=O)c1ccc(F)c(F)c1F)C(=O)CSCc1ccco1. The van der Waals surface area contributed by atoms with Crippen LogP contribution < -0.4 is 10.6 Å². The van der Waals surface area contributed by atoms with Gasteiger partial charge in [-0.2, -0.15) is 0 Å². The van der Waals surface area contributed by atoms with Gasteiger partial charge in [0.05, 0.1) is 29.4 Å². The summed E-state index contributed by atoms with van der Waals surface area (Å²) >= 11 is 1.48. The van der Waals surface area contributed by atoms with Crippen molar-refractivity contribution < 1.29 is 27.2 Å². The van der Waals surface area contributed by atoms with Gasteiger partial charge in [0.1, 0.15) is 5.76 Å². The van der Waals surface area contributed by atoms with Gasteiger partial charge in [0, 0.05) is 12.6 Å². The largest absolute Gasteiger partial charge is 0.468 e. The number of halogens is 3. The van der Waals surface area contributed by atoms with Crippen molar-refractivity contribution in [3.8, 4) is 0 Å². The van der Waals surface area contributed by atoms with E-state index >= 15 is 0 Å². The van der Waals surface area contributed by atoms with Crippen LogP contribution in [0.1, 0.15) is 62.6 Å². The van der Waals surface area contributed by atoms with E-state index in [0.29, 0.717) is 24.3 Å². The van der Waals surface area contributed by atoms with Crippen molar-refractivity contribution in [2.45, 2.75) is 64.3 Å². The van der Waals surface area contributed by atoms with Gasteiger partial charge < -0.3 is 15.1 Å². The summed E-state index contributed by atoms with van der Waals surface area (Å²) in [5.41, 5.74) is -0.555. The Balaban J connectivity index is 2.00. The summed E-state index contributed by atoms with van der Waals surface area (Å²) < 4.78 is 46.1. The van der Waals surface area contributed by atoms with E-state index in [2.05, 4.69) is 10.6 Å². The Morgan fingerprint density at radius 3 is 2.53 bits per heavy atom. The van der Waals surface area contributed by atoms with Gasteiger partial charge in [-0.05, 0) is 43.0 Å². The molecule has 1 aromatic heterocycles. The zero-order valence-corrected chi connectivity index (χ0v) is 20.7. The second-order valence-electron chi connectivity index (χ2n) is 8.66. The first-order valence-corrected chi connectivity index (χ1v) is 12.7. The molecule has 188 valence electrons. The lowest BCUT2D eigenvalue weighted by Crippen LogP contribution is -2.48. The molecule has 5 nitrogen and oxygen atoms in total. The zero-order valence-electron chi connectivity index (χ0n) is 19.8. The molecule has 2 rings (SSSR count). The Kier molecular flexibility index (Phi) is 11.7.